The zero-order chi connectivity index (χ0) is 14.2. The van der Waals surface area contributed by atoms with E-state index in [1.807, 2.05) is 30.3 Å². The molecule has 2 aromatic rings. The third kappa shape index (κ3) is 4.42. The maximum absolute atomic E-state index is 11.9. The molecule has 0 aliphatic carbocycles. The van der Waals surface area contributed by atoms with Crippen LogP contribution in [-0.4, -0.2) is 34.7 Å². The number of rotatable bonds is 7. The Labute approximate surface area is 118 Å². The van der Waals surface area contributed by atoms with Gasteiger partial charge >= 0.3 is 0 Å². The Bertz CT molecular complexity index is 511. The molecular formula is C15H19N3O2. The quantitative estimate of drug-likeness (QED) is 0.787. The molecule has 0 bridgehead atoms. The largest absolute Gasteiger partial charge is 0.494 e. The van der Waals surface area contributed by atoms with Crippen LogP contribution in [0.3, 0.4) is 0 Å². The van der Waals surface area contributed by atoms with Gasteiger partial charge in [-0.25, -0.2) is 0 Å². The fraction of sp³-hybridized carbons (Fsp3) is 0.333. The van der Waals surface area contributed by atoms with E-state index in [0.717, 1.165) is 11.3 Å². The van der Waals surface area contributed by atoms with Crippen molar-refractivity contribution < 1.29 is 9.53 Å². The number of nitrogens with one attached hydrogen (secondary N) is 1. The summed E-state index contributed by atoms with van der Waals surface area (Å²) >= 11 is 0. The zero-order valence-corrected chi connectivity index (χ0v) is 11.6. The SMILES string of the molecule is CN(Cc1cn[nH]c1)C(=O)CCCOc1ccccc1. The van der Waals surface area contributed by atoms with Gasteiger partial charge in [0.1, 0.15) is 5.75 Å². The predicted molar refractivity (Wildman–Crippen MR) is 76.2 cm³/mol. The number of hydrogen-bond acceptors (Lipinski definition) is 3. The smallest absolute Gasteiger partial charge is 0.222 e. The minimum absolute atomic E-state index is 0.114. The summed E-state index contributed by atoms with van der Waals surface area (Å²) < 4.78 is 5.56. The minimum atomic E-state index is 0.114. The van der Waals surface area contributed by atoms with Gasteiger partial charge in [0.05, 0.1) is 12.8 Å². The lowest BCUT2D eigenvalue weighted by molar-refractivity contribution is -0.130. The van der Waals surface area contributed by atoms with Crippen molar-refractivity contribution in [3.63, 3.8) is 0 Å². The number of ether oxygens (including phenoxy) is 1. The highest BCUT2D eigenvalue weighted by Crippen LogP contribution is 2.09. The number of carbonyl (C=O) groups excluding carboxylic acids is 1. The number of benzene rings is 1. The topological polar surface area (TPSA) is 58.2 Å². The fourth-order valence-electron chi connectivity index (χ4n) is 1.85. The van der Waals surface area contributed by atoms with Crippen LogP contribution in [0.1, 0.15) is 18.4 Å². The van der Waals surface area contributed by atoms with Crippen LogP contribution >= 0.6 is 0 Å². The zero-order valence-electron chi connectivity index (χ0n) is 11.6. The number of para-hydroxylation sites is 1. The van der Waals surface area contributed by atoms with Gasteiger partial charge < -0.3 is 9.64 Å². The Balaban J connectivity index is 1.65. The molecule has 0 atom stereocenters. The van der Waals surface area contributed by atoms with E-state index in [1.54, 1.807) is 24.3 Å². The van der Waals surface area contributed by atoms with Crippen molar-refractivity contribution >= 4 is 5.91 Å². The lowest BCUT2D eigenvalue weighted by Gasteiger charge is -2.16. The average Bonchev–Trinajstić information content (AvgIpc) is 2.97. The van der Waals surface area contributed by atoms with Crippen LogP contribution < -0.4 is 4.74 Å². The molecule has 1 N–H and O–H groups in total. The van der Waals surface area contributed by atoms with Crippen molar-refractivity contribution in [3.05, 3.63) is 48.3 Å². The second kappa shape index (κ2) is 7.33. The molecule has 0 aliphatic heterocycles. The lowest BCUT2D eigenvalue weighted by atomic mass is 10.2. The second-order valence-corrected chi connectivity index (χ2v) is 4.62. The van der Waals surface area contributed by atoms with Crippen molar-refractivity contribution in [2.75, 3.05) is 13.7 Å². The van der Waals surface area contributed by atoms with Crippen molar-refractivity contribution in [2.45, 2.75) is 19.4 Å². The second-order valence-electron chi connectivity index (χ2n) is 4.62. The first kappa shape index (κ1) is 14.1. The van der Waals surface area contributed by atoms with Crippen LogP contribution in [0.15, 0.2) is 42.7 Å². The van der Waals surface area contributed by atoms with Crippen molar-refractivity contribution in [1.82, 2.24) is 15.1 Å². The van der Waals surface area contributed by atoms with Gasteiger partial charge in [-0.05, 0) is 18.6 Å². The molecule has 5 nitrogen and oxygen atoms in total. The van der Waals surface area contributed by atoms with Gasteiger partial charge in [-0.1, -0.05) is 18.2 Å². The van der Waals surface area contributed by atoms with Crippen molar-refractivity contribution in [3.8, 4) is 5.75 Å². The monoisotopic (exact) mass is 273 g/mol. The maximum atomic E-state index is 11.9. The molecular weight excluding hydrogens is 254 g/mol. The molecule has 20 heavy (non-hydrogen) atoms. The third-order valence-electron chi connectivity index (χ3n) is 2.95. The highest BCUT2D eigenvalue weighted by atomic mass is 16.5. The van der Waals surface area contributed by atoms with E-state index in [2.05, 4.69) is 10.2 Å². The molecule has 0 saturated carbocycles. The van der Waals surface area contributed by atoms with Gasteiger partial charge in [0, 0.05) is 31.8 Å². The van der Waals surface area contributed by atoms with E-state index in [0.29, 0.717) is 26.0 Å². The number of nitrogens with zero attached hydrogens (tertiary/aromatic N) is 2. The molecule has 1 aromatic heterocycles. The summed E-state index contributed by atoms with van der Waals surface area (Å²) in [5.41, 5.74) is 1.00. The Kier molecular flexibility index (Phi) is 5.17. The maximum Gasteiger partial charge on any atom is 0.222 e. The van der Waals surface area contributed by atoms with Crippen LogP contribution in [0.5, 0.6) is 5.75 Å². The van der Waals surface area contributed by atoms with E-state index >= 15 is 0 Å². The van der Waals surface area contributed by atoms with Gasteiger partial charge in [-0.15, -0.1) is 0 Å². The van der Waals surface area contributed by atoms with Crippen molar-refractivity contribution in [2.24, 2.45) is 0 Å². The predicted octanol–water partition coefficient (Wildman–Crippen LogP) is 2.23. The Morgan fingerprint density at radius 1 is 1.35 bits per heavy atom. The van der Waals surface area contributed by atoms with E-state index in [-0.39, 0.29) is 5.91 Å². The van der Waals surface area contributed by atoms with Gasteiger partial charge in [0.2, 0.25) is 5.91 Å². The molecule has 0 fully saturated rings. The summed E-state index contributed by atoms with van der Waals surface area (Å²) in [5.74, 6) is 0.953. The van der Waals surface area contributed by atoms with E-state index in [4.69, 9.17) is 4.74 Å². The molecule has 5 heteroatoms. The van der Waals surface area contributed by atoms with E-state index in [1.165, 1.54) is 0 Å². The van der Waals surface area contributed by atoms with Crippen LogP contribution in [0.4, 0.5) is 0 Å². The van der Waals surface area contributed by atoms with Gasteiger partial charge in [-0.2, -0.15) is 5.10 Å². The number of amides is 1. The molecule has 106 valence electrons. The van der Waals surface area contributed by atoms with Crippen LogP contribution in [0.25, 0.3) is 0 Å². The lowest BCUT2D eigenvalue weighted by Crippen LogP contribution is -2.26. The molecule has 1 heterocycles. The molecule has 2 rings (SSSR count). The first-order valence-electron chi connectivity index (χ1n) is 6.65. The standard InChI is InChI=1S/C15H19N3O2/c1-18(12-13-10-16-17-11-13)15(19)8-5-9-20-14-6-3-2-4-7-14/h2-4,6-7,10-11H,5,8-9,12H2,1H3,(H,16,17). The molecule has 0 radical (unpaired) electrons. The van der Waals surface area contributed by atoms with Crippen LogP contribution in [0, 0.1) is 0 Å². The molecule has 1 amide bonds. The highest BCUT2D eigenvalue weighted by molar-refractivity contribution is 5.75. The summed E-state index contributed by atoms with van der Waals surface area (Å²) in [6.45, 7) is 1.13. The Hall–Kier alpha value is -2.30. The summed E-state index contributed by atoms with van der Waals surface area (Å²) in [5, 5.41) is 6.60. The van der Waals surface area contributed by atoms with E-state index < -0.39 is 0 Å². The first-order valence-corrected chi connectivity index (χ1v) is 6.65. The number of aromatic amines is 1. The number of carbonyl (C=O) groups is 1. The average molecular weight is 273 g/mol. The highest BCUT2D eigenvalue weighted by Gasteiger charge is 2.09. The van der Waals surface area contributed by atoms with Crippen molar-refractivity contribution in [1.29, 1.82) is 0 Å². The van der Waals surface area contributed by atoms with Gasteiger partial charge in [0.25, 0.3) is 0 Å². The van der Waals surface area contributed by atoms with E-state index in [9.17, 15) is 4.79 Å². The third-order valence-corrected chi connectivity index (χ3v) is 2.95. The fourth-order valence-corrected chi connectivity index (χ4v) is 1.85. The molecule has 0 unspecified atom stereocenters. The van der Waals surface area contributed by atoms with Crippen LogP contribution in [0.2, 0.25) is 0 Å². The Morgan fingerprint density at radius 2 is 2.15 bits per heavy atom. The summed E-state index contributed by atoms with van der Waals surface area (Å²) in [6.07, 6.45) is 4.72. The number of aromatic nitrogens is 2. The number of H-pyrrole nitrogens is 1. The molecule has 0 aliphatic rings. The summed E-state index contributed by atoms with van der Waals surface area (Å²) in [4.78, 5) is 13.6. The summed E-state index contributed by atoms with van der Waals surface area (Å²) in [7, 11) is 1.80. The summed E-state index contributed by atoms with van der Waals surface area (Å²) in [6, 6.07) is 9.62. The minimum Gasteiger partial charge on any atom is -0.494 e. The van der Waals surface area contributed by atoms with Gasteiger partial charge in [-0.3, -0.25) is 9.89 Å². The van der Waals surface area contributed by atoms with Gasteiger partial charge in [0.15, 0.2) is 0 Å². The number of hydrogen-bond donors (Lipinski definition) is 1. The first-order chi connectivity index (χ1) is 9.75. The normalized spacial score (nSPS) is 10.2. The van der Waals surface area contributed by atoms with Crippen LogP contribution in [-0.2, 0) is 11.3 Å². The molecule has 0 spiro atoms. The Morgan fingerprint density at radius 3 is 2.85 bits per heavy atom. The molecule has 1 aromatic carbocycles. The molecule has 0 saturated heterocycles.